The van der Waals surface area contributed by atoms with Crippen molar-refractivity contribution in [1.29, 1.82) is 0 Å². The molecule has 0 unspecified atom stereocenters. The van der Waals surface area contributed by atoms with Gasteiger partial charge in [0.25, 0.3) is 0 Å². The number of aliphatic carboxylic acids is 1. The van der Waals surface area contributed by atoms with Crippen LogP contribution in [0, 0.1) is 0 Å². The Labute approximate surface area is 157 Å². The first kappa shape index (κ1) is 19.8. The predicted octanol–water partition coefficient (Wildman–Crippen LogP) is 3.07. The van der Waals surface area contributed by atoms with Crippen molar-refractivity contribution in [2.24, 2.45) is 0 Å². The van der Waals surface area contributed by atoms with Crippen molar-refractivity contribution < 1.29 is 14.7 Å². The molecule has 8 heteroatoms. The molecule has 0 saturated heterocycles. The number of carboxylic acids is 1. The summed E-state index contributed by atoms with van der Waals surface area (Å²) in [5.41, 5.74) is 0.861. The first-order valence-corrected chi connectivity index (χ1v) is 8.96. The first-order valence-electron chi connectivity index (χ1n) is 8.21. The summed E-state index contributed by atoms with van der Waals surface area (Å²) in [6, 6.07) is 5.33. The maximum atomic E-state index is 12.3. The molecule has 0 atom stereocenters. The molecule has 1 aliphatic carbocycles. The number of urea groups is 1. The standard InChI is InChI=1S/C17H23Cl2N3O3/c1-3-22(10-16(23)24)15-7-14(8-15)20-17(25)21(2)9-11-4-12(18)6-13(19)5-11/h4-6,14-15H,3,7-10H2,1-2H3,(H,20,25)(H,23,24). The second-order valence-corrected chi connectivity index (χ2v) is 7.24. The van der Waals surface area contributed by atoms with E-state index in [4.69, 9.17) is 28.3 Å². The molecule has 2 amide bonds. The minimum absolute atomic E-state index is 0.0390. The quantitative estimate of drug-likeness (QED) is 0.753. The topological polar surface area (TPSA) is 72.9 Å². The number of nitrogens with one attached hydrogen (secondary N) is 1. The molecule has 2 N–H and O–H groups in total. The van der Waals surface area contributed by atoms with E-state index >= 15 is 0 Å². The number of hydrogen-bond donors (Lipinski definition) is 2. The van der Waals surface area contributed by atoms with Crippen molar-refractivity contribution >= 4 is 35.2 Å². The Bertz CT molecular complexity index is 615. The predicted molar refractivity (Wildman–Crippen MR) is 98.2 cm³/mol. The fourth-order valence-corrected chi connectivity index (χ4v) is 3.58. The molecule has 138 valence electrons. The maximum absolute atomic E-state index is 12.3. The Hall–Kier alpha value is -1.50. The van der Waals surface area contributed by atoms with E-state index in [1.54, 1.807) is 30.1 Å². The van der Waals surface area contributed by atoms with Gasteiger partial charge in [-0.1, -0.05) is 30.1 Å². The van der Waals surface area contributed by atoms with Gasteiger partial charge in [0.15, 0.2) is 0 Å². The van der Waals surface area contributed by atoms with Crippen LogP contribution < -0.4 is 5.32 Å². The second kappa shape index (κ2) is 8.74. The molecule has 1 aromatic rings. The van der Waals surface area contributed by atoms with Crippen LogP contribution in [0.3, 0.4) is 0 Å². The number of likely N-dealkylation sites (N-methyl/N-ethyl adjacent to an activating group) is 1. The number of carbonyl (C=O) groups is 2. The van der Waals surface area contributed by atoms with Crippen LogP contribution in [0.25, 0.3) is 0 Å². The van der Waals surface area contributed by atoms with Crippen LogP contribution in [0.2, 0.25) is 10.0 Å². The van der Waals surface area contributed by atoms with E-state index in [1.165, 1.54) is 0 Å². The third-order valence-corrected chi connectivity index (χ3v) is 4.83. The highest BCUT2D eigenvalue weighted by atomic mass is 35.5. The summed E-state index contributed by atoms with van der Waals surface area (Å²) in [6.45, 7) is 3.07. The van der Waals surface area contributed by atoms with Crippen LogP contribution in [0.1, 0.15) is 25.3 Å². The summed E-state index contributed by atoms with van der Waals surface area (Å²) < 4.78 is 0. The van der Waals surface area contributed by atoms with Gasteiger partial charge in [0.1, 0.15) is 0 Å². The lowest BCUT2D eigenvalue weighted by atomic mass is 9.85. The molecule has 1 saturated carbocycles. The molecule has 0 heterocycles. The van der Waals surface area contributed by atoms with Crippen LogP contribution in [0.15, 0.2) is 18.2 Å². The van der Waals surface area contributed by atoms with Crippen LogP contribution in [0.4, 0.5) is 4.79 Å². The largest absolute Gasteiger partial charge is 0.480 e. The summed E-state index contributed by atoms with van der Waals surface area (Å²) in [5.74, 6) is -0.825. The SMILES string of the molecule is CCN(CC(=O)O)C1CC(NC(=O)N(C)Cc2cc(Cl)cc(Cl)c2)C1. The van der Waals surface area contributed by atoms with Gasteiger partial charge in [-0.25, -0.2) is 4.79 Å². The van der Waals surface area contributed by atoms with E-state index in [0.29, 0.717) is 23.1 Å². The number of halogens is 2. The Morgan fingerprint density at radius 2 is 1.84 bits per heavy atom. The van der Waals surface area contributed by atoms with Crippen molar-refractivity contribution in [2.75, 3.05) is 20.1 Å². The summed E-state index contributed by atoms with van der Waals surface area (Å²) in [4.78, 5) is 26.6. The zero-order valence-corrected chi connectivity index (χ0v) is 15.8. The minimum Gasteiger partial charge on any atom is -0.480 e. The van der Waals surface area contributed by atoms with Crippen LogP contribution >= 0.6 is 23.2 Å². The highest BCUT2D eigenvalue weighted by Gasteiger charge is 2.35. The van der Waals surface area contributed by atoms with E-state index in [1.807, 2.05) is 11.8 Å². The first-order chi connectivity index (χ1) is 11.8. The minimum atomic E-state index is -0.825. The van der Waals surface area contributed by atoms with Gasteiger partial charge in [-0.15, -0.1) is 0 Å². The van der Waals surface area contributed by atoms with Gasteiger partial charge in [0, 0.05) is 35.7 Å². The number of carbonyl (C=O) groups excluding carboxylic acids is 1. The lowest BCUT2D eigenvalue weighted by molar-refractivity contribution is -0.139. The lowest BCUT2D eigenvalue weighted by Crippen LogP contribution is -2.56. The van der Waals surface area contributed by atoms with E-state index in [2.05, 4.69) is 5.32 Å². The Morgan fingerprint density at radius 3 is 2.36 bits per heavy atom. The number of rotatable bonds is 7. The summed E-state index contributed by atoms with van der Waals surface area (Å²) >= 11 is 11.9. The van der Waals surface area contributed by atoms with Crippen molar-refractivity contribution in [3.63, 3.8) is 0 Å². The molecule has 1 fully saturated rings. The zero-order chi connectivity index (χ0) is 18.6. The molecule has 0 aliphatic heterocycles. The van der Waals surface area contributed by atoms with E-state index in [9.17, 15) is 9.59 Å². The van der Waals surface area contributed by atoms with Gasteiger partial charge < -0.3 is 15.3 Å². The fraction of sp³-hybridized carbons (Fsp3) is 0.529. The lowest BCUT2D eigenvalue weighted by Gasteiger charge is -2.42. The van der Waals surface area contributed by atoms with E-state index < -0.39 is 5.97 Å². The second-order valence-electron chi connectivity index (χ2n) is 6.36. The number of nitrogens with zero attached hydrogens (tertiary/aromatic N) is 2. The van der Waals surface area contributed by atoms with E-state index in [0.717, 1.165) is 18.4 Å². The number of hydrogen-bond acceptors (Lipinski definition) is 3. The average molecular weight is 388 g/mol. The molecular formula is C17H23Cl2N3O3. The summed E-state index contributed by atoms with van der Waals surface area (Å²) in [7, 11) is 1.71. The highest BCUT2D eigenvalue weighted by Crippen LogP contribution is 2.26. The van der Waals surface area contributed by atoms with Gasteiger partial charge >= 0.3 is 12.0 Å². The normalized spacial score (nSPS) is 19.4. The number of carboxylic acid groups (broad SMARTS) is 1. The summed E-state index contributed by atoms with van der Waals surface area (Å²) in [6.07, 6.45) is 1.54. The number of benzene rings is 1. The van der Waals surface area contributed by atoms with Crippen molar-refractivity contribution in [3.05, 3.63) is 33.8 Å². The van der Waals surface area contributed by atoms with Gasteiger partial charge in [-0.2, -0.15) is 0 Å². The Morgan fingerprint density at radius 1 is 1.24 bits per heavy atom. The molecule has 1 aromatic carbocycles. The Kier molecular flexibility index (Phi) is 6.93. The van der Waals surface area contributed by atoms with Crippen molar-refractivity contribution in [2.45, 2.75) is 38.4 Å². The smallest absolute Gasteiger partial charge is 0.317 e. The molecule has 0 bridgehead atoms. The molecule has 0 radical (unpaired) electrons. The maximum Gasteiger partial charge on any atom is 0.317 e. The molecule has 2 rings (SSSR count). The molecular weight excluding hydrogens is 365 g/mol. The van der Waals surface area contributed by atoms with Gasteiger partial charge in [0.05, 0.1) is 6.54 Å². The molecule has 25 heavy (non-hydrogen) atoms. The average Bonchev–Trinajstić information content (AvgIpc) is 2.46. The zero-order valence-electron chi connectivity index (χ0n) is 14.3. The van der Waals surface area contributed by atoms with Crippen molar-refractivity contribution in [3.8, 4) is 0 Å². The molecule has 6 nitrogen and oxygen atoms in total. The van der Waals surface area contributed by atoms with Crippen LogP contribution in [-0.2, 0) is 11.3 Å². The monoisotopic (exact) mass is 387 g/mol. The third-order valence-electron chi connectivity index (χ3n) is 4.39. The Balaban J connectivity index is 1.80. The van der Waals surface area contributed by atoms with E-state index in [-0.39, 0.29) is 24.7 Å². The molecule has 0 aromatic heterocycles. The van der Waals surface area contributed by atoms with Gasteiger partial charge in [0.2, 0.25) is 0 Å². The van der Waals surface area contributed by atoms with Gasteiger partial charge in [-0.3, -0.25) is 9.69 Å². The fourth-order valence-electron chi connectivity index (χ4n) is 3.01. The highest BCUT2D eigenvalue weighted by molar-refractivity contribution is 6.34. The number of amides is 2. The van der Waals surface area contributed by atoms with Gasteiger partial charge in [-0.05, 0) is 43.1 Å². The van der Waals surface area contributed by atoms with Crippen LogP contribution in [-0.4, -0.2) is 59.1 Å². The summed E-state index contributed by atoms with van der Waals surface area (Å²) in [5, 5.41) is 13.0. The molecule has 1 aliphatic rings. The van der Waals surface area contributed by atoms with Crippen molar-refractivity contribution in [1.82, 2.24) is 15.1 Å². The van der Waals surface area contributed by atoms with Crippen LogP contribution in [0.5, 0.6) is 0 Å². The molecule has 0 spiro atoms. The third kappa shape index (κ3) is 5.76.